The number of rotatable bonds is 9. The number of carbonyl (C=O) groups is 1. The third-order valence-electron chi connectivity index (χ3n) is 4.50. The Morgan fingerprint density at radius 2 is 1.97 bits per heavy atom. The predicted molar refractivity (Wildman–Crippen MR) is 106 cm³/mol. The fourth-order valence-electron chi connectivity index (χ4n) is 3.20. The molecule has 1 atom stereocenters. The summed E-state index contributed by atoms with van der Waals surface area (Å²) >= 11 is 0. The number of phenols is 1. The summed E-state index contributed by atoms with van der Waals surface area (Å²) in [4.78, 5) is 12.8. The molecular weight excluding hydrogens is 376 g/mol. The molecule has 29 heavy (non-hydrogen) atoms. The first-order chi connectivity index (χ1) is 14.1. The number of ketones is 1. The molecule has 3 rings (SSSR count). The molecule has 0 saturated carbocycles. The Labute approximate surface area is 169 Å². The van der Waals surface area contributed by atoms with Crippen LogP contribution < -0.4 is 14.2 Å². The van der Waals surface area contributed by atoms with E-state index >= 15 is 0 Å². The molecule has 1 aliphatic rings. The molecule has 154 valence electrons. The minimum absolute atomic E-state index is 0.00136. The molecular formula is C22H24O7. The average Bonchev–Trinajstić information content (AvgIpc) is 2.72. The van der Waals surface area contributed by atoms with E-state index in [1.807, 2.05) is 12.1 Å². The molecule has 0 aromatic heterocycles. The van der Waals surface area contributed by atoms with E-state index < -0.39 is 6.10 Å². The summed E-state index contributed by atoms with van der Waals surface area (Å²) in [6.07, 6.45) is 1.55. The largest absolute Gasteiger partial charge is 0.507 e. The van der Waals surface area contributed by atoms with Crippen LogP contribution in [0.4, 0.5) is 0 Å². The van der Waals surface area contributed by atoms with Gasteiger partial charge in [-0.3, -0.25) is 4.79 Å². The lowest BCUT2D eigenvalue weighted by Crippen LogP contribution is -2.21. The summed E-state index contributed by atoms with van der Waals surface area (Å²) in [6.45, 7) is 3.82. The van der Waals surface area contributed by atoms with Crippen LogP contribution in [0.2, 0.25) is 0 Å². The van der Waals surface area contributed by atoms with Crippen molar-refractivity contribution in [3.05, 3.63) is 59.7 Å². The van der Waals surface area contributed by atoms with Gasteiger partial charge in [0.25, 0.3) is 0 Å². The quantitative estimate of drug-likeness (QED) is 0.506. The van der Waals surface area contributed by atoms with Crippen LogP contribution in [0, 0.1) is 0 Å². The van der Waals surface area contributed by atoms with Crippen LogP contribution in [0.25, 0.3) is 0 Å². The van der Waals surface area contributed by atoms with Crippen LogP contribution >= 0.6 is 0 Å². The summed E-state index contributed by atoms with van der Waals surface area (Å²) in [6, 6.07) is 8.89. The summed E-state index contributed by atoms with van der Waals surface area (Å²) < 4.78 is 27.0. The van der Waals surface area contributed by atoms with Crippen molar-refractivity contribution < 1.29 is 33.6 Å². The Kier molecular flexibility index (Phi) is 6.74. The van der Waals surface area contributed by atoms with Gasteiger partial charge < -0.3 is 28.8 Å². The van der Waals surface area contributed by atoms with E-state index in [2.05, 4.69) is 6.58 Å². The summed E-state index contributed by atoms with van der Waals surface area (Å²) in [7, 11) is 3.04. The number of hydrogen-bond acceptors (Lipinski definition) is 7. The van der Waals surface area contributed by atoms with Gasteiger partial charge in [0.2, 0.25) is 0 Å². The van der Waals surface area contributed by atoms with E-state index in [1.165, 1.54) is 7.11 Å². The monoisotopic (exact) mass is 400 g/mol. The third-order valence-corrected chi connectivity index (χ3v) is 4.50. The maximum absolute atomic E-state index is 12.8. The third kappa shape index (κ3) is 4.52. The lowest BCUT2D eigenvalue weighted by molar-refractivity contribution is 0.0495. The summed E-state index contributed by atoms with van der Waals surface area (Å²) in [5, 5.41) is 10.7. The van der Waals surface area contributed by atoms with E-state index in [1.54, 1.807) is 31.4 Å². The maximum atomic E-state index is 12.8. The number of hydrogen-bond donors (Lipinski definition) is 1. The van der Waals surface area contributed by atoms with E-state index in [0.29, 0.717) is 23.5 Å². The van der Waals surface area contributed by atoms with Crippen molar-refractivity contribution in [1.82, 2.24) is 0 Å². The molecule has 1 heterocycles. The Hall–Kier alpha value is -3.03. The first kappa shape index (κ1) is 20.7. The Bertz CT molecular complexity index is 891. The molecule has 2 aromatic rings. The smallest absolute Gasteiger partial charge is 0.188 e. The molecule has 2 aromatic carbocycles. The lowest BCUT2D eigenvalue weighted by atomic mass is 9.93. The van der Waals surface area contributed by atoms with Gasteiger partial charge in [0, 0.05) is 25.8 Å². The normalized spacial score (nSPS) is 15.4. The highest BCUT2D eigenvalue weighted by molar-refractivity contribution is 6.03. The van der Waals surface area contributed by atoms with Crippen molar-refractivity contribution in [3.8, 4) is 23.0 Å². The highest BCUT2D eigenvalue weighted by Crippen LogP contribution is 2.45. The SMILES string of the molecule is C=CCc1c(OCOC)cc2c(c1O)C(=O)CC(c1cccc(OCOC)c1)O2. The van der Waals surface area contributed by atoms with E-state index in [-0.39, 0.29) is 42.9 Å². The molecule has 0 aliphatic carbocycles. The zero-order valence-electron chi connectivity index (χ0n) is 16.5. The average molecular weight is 400 g/mol. The standard InChI is InChI=1S/C22H24O7/c1-4-6-16-19(28-13-26-3)11-20-21(22(16)24)17(23)10-18(29-20)14-7-5-8-15(9-14)27-12-25-2/h4-5,7-9,11,18,24H,1,6,10,12-13H2,2-3H3. The number of methoxy groups -OCH3 is 2. The number of fused-ring (bicyclic) bond motifs is 1. The molecule has 1 N–H and O–H groups in total. The van der Waals surface area contributed by atoms with Crippen LogP contribution in [-0.4, -0.2) is 38.7 Å². The van der Waals surface area contributed by atoms with Gasteiger partial charge >= 0.3 is 0 Å². The number of benzene rings is 2. The number of phenolic OH excluding ortho intramolecular Hbond substituents is 1. The number of Topliss-reactive ketones (excluding diaryl/α,β-unsaturated/α-hetero) is 1. The number of aromatic hydroxyl groups is 1. The van der Waals surface area contributed by atoms with Crippen LogP contribution in [0.3, 0.4) is 0 Å². The van der Waals surface area contributed by atoms with Crippen LogP contribution in [0.5, 0.6) is 23.0 Å². The summed E-state index contributed by atoms with van der Waals surface area (Å²) in [5.41, 5.74) is 1.42. The minimum Gasteiger partial charge on any atom is -0.507 e. The van der Waals surface area contributed by atoms with Crippen molar-refractivity contribution in [2.75, 3.05) is 27.8 Å². The van der Waals surface area contributed by atoms with Gasteiger partial charge in [-0.1, -0.05) is 18.2 Å². The van der Waals surface area contributed by atoms with Crippen LogP contribution in [0.1, 0.15) is 34.0 Å². The molecule has 7 nitrogen and oxygen atoms in total. The van der Waals surface area contributed by atoms with E-state index in [9.17, 15) is 9.90 Å². The predicted octanol–water partition coefficient (Wildman–Crippen LogP) is 3.79. The second kappa shape index (κ2) is 9.45. The molecule has 7 heteroatoms. The van der Waals surface area contributed by atoms with Crippen molar-refractivity contribution >= 4 is 5.78 Å². The van der Waals surface area contributed by atoms with Crippen molar-refractivity contribution in [3.63, 3.8) is 0 Å². The first-order valence-electron chi connectivity index (χ1n) is 9.12. The molecule has 0 bridgehead atoms. The van der Waals surface area contributed by atoms with Gasteiger partial charge in [-0.05, 0) is 24.1 Å². The first-order valence-corrected chi connectivity index (χ1v) is 9.12. The van der Waals surface area contributed by atoms with Crippen molar-refractivity contribution in [2.24, 2.45) is 0 Å². The Morgan fingerprint density at radius 3 is 2.69 bits per heavy atom. The minimum atomic E-state index is -0.513. The van der Waals surface area contributed by atoms with Gasteiger partial charge in [0.15, 0.2) is 19.4 Å². The molecule has 0 amide bonds. The second-order valence-corrected chi connectivity index (χ2v) is 6.48. The van der Waals surface area contributed by atoms with Gasteiger partial charge in [-0.2, -0.15) is 0 Å². The van der Waals surface area contributed by atoms with Crippen molar-refractivity contribution in [1.29, 1.82) is 0 Å². The molecule has 0 radical (unpaired) electrons. The van der Waals surface area contributed by atoms with Crippen LogP contribution in [-0.2, 0) is 15.9 Å². The second-order valence-electron chi connectivity index (χ2n) is 6.48. The topological polar surface area (TPSA) is 83.5 Å². The van der Waals surface area contributed by atoms with Gasteiger partial charge in [0.1, 0.15) is 34.7 Å². The van der Waals surface area contributed by atoms with Gasteiger partial charge in [-0.25, -0.2) is 0 Å². The molecule has 0 fully saturated rings. The van der Waals surface area contributed by atoms with E-state index in [4.69, 9.17) is 23.7 Å². The number of allylic oxidation sites excluding steroid dienone is 1. The summed E-state index contributed by atoms with van der Waals surface area (Å²) in [5.74, 6) is 0.911. The van der Waals surface area contributed by atoms with Crippen molar-refractivity contribution in [2.45, 2.75) is 18.9 Å². The fraction of sp³-hybridized carbons (Fsp3) is 0.318. The zero-order valence-corrected chi connectivity index (χ0v) is 16.5. The zero-order chi connectivity index (χ0) is 20.8. The molecule has 1 aliphatic heterocycles. The number of carbonyl (C=O) groups excluding carboxylic acids is 1. The highest BCUT2D eigenvalue weighted by Gasteiger charge is 2.33. The fourth-order valence-corrected chi connectivity index (χ4v) is 3.20. The lowest BCUT2D eigenvalue weighted by Gasteiger charge is -2.28. The Balaban J connectivity index is 1.95. The molecule has 0 saturated heterocycles. The van der Waals surface area contributed by atoms with E-state index in [0.717, 1.165) is 5.56 Å². The molecule has 1 unspecified atom stereocenters. The maximum Gasteiger partial charge on any atom is 0.188 e. The van der Waals surface area contributed by atoms with Crippen LogP contribution in [0.15, 0.2) is 43.0 Å². The Morgan fingerprint density at radius 1 is 1.21 bits per heavy atom. The molecule has 0 spiro atoms. The highest BCUT2D eigenvalue weighted by atomic mass is 16.7. The number of ether oxygens (including phenoxy) is 5. The van der Waals surface area contributed by atoms with Gasteiger partial charge in [0.05, 0.1) is 6.42 Å². The van der Waals surface area contributed by atoms with Gasteiger partial charge in [-0.15, -0.1) is 6.58 Å².